The molecule has 0 aromatic heterocycles. The lowest BCUT2D eigenvalue weighted by molar-refractivity contribution is 0.0646. The quantitative estimate of drug-likeness (QED) is 0.352. The molecule has 4 rings (SSSR count). The molecule has 1 fully saturated rings. The molecule has 1 N–H and O–H groups in total. The van der Waals surface area contributed by atoms with Gasteiger partial charge in [0.1, 0.15) is 0 Å². The van der Waals surface area contributed by atoms with E-state index in [1.807, 2.05) is 13.8 Å². The molecule has 0 aliphatic carbocycles. The number of hydrogen-bond acceptors (Lipinski definition) is 6. The van der Waals surface area contributed by atoms with Gasteiger partial charge in [0.15, 0.2) is 17.4 Å². The summed E-state index contributed by atoms with van der Waals surface area (Å²) in [5.74, 6) is -2.92. The lowest BCUT2D eigenvalue weighted by atomic mass is 10.1. The van der Waals surface area contributed by atoms with E-state index in [9.17, 15) is 23.7 Å². The van der Waals surface area contributed by atoms with Crippen LogP contribution in [0.15, 0.2) is 42.5 Å². The van der Waals surface area contributed by atoms with Crippen LogP contribution in [0, 0.1) is 5.82 Å². The van der Waals surface area contributed by atoms with E-state index in [1.54, 1.807) is 28.9 Å². The first-order valence-corrected chi connectivity index (χ1v) is 12.5. The van der Waals surface area contributed by atoms with Gasteiger partial charge in [-0.05, 0) is 50.1 Å². The van der Waals surface area contributed by atoms with Crippen LogP contribution in [-0.2, 0) is 9.09 Å². The SMILES string of the molecule is CC(C)N1CCOP1(=O)C(O)c1ccc(OCCCN2C(=O)c3ccccc3C2=O)c(F)c1. The number of carbonyl (C=O) groups is 2. The number of aliphatic hydroxyl groups is 1. The Morgan fingerprint density at radius 1 is 1.15 bits per heavy atom. The minimum absolute atomic E-state index is 0.0420. The monoisotopic (exact) mass is 476 g/mol. The summed E-state index contributed by atoms with van der Waals surface area (Å²) in [6.07, 6.45) is 0.321. The number of carbonyl (C=O) groups excluding carboxylic acids is 2. The second kappa shape index (κ2) is 9.35. The average Bonchev–Trinajstić information content (AvgIpc) is 3.31. The fraction of sp³-hybridized carbons (Fsp3) is 0.391. The predicted molar refractivity (Wildman–Crippen MR) is 119 cm³/mol. The highest BCUT2D eigenvalue weighted by molar-refractivity contribution is 7.56. The lowest BCUT2D eigenvalue weighted by Crippen LogP contribution is -2.31. The van der Waals surface area contributed by atoms with Crippen LogP contribution in [0.5, 0.6) is 5.75 Å². The zero-order valence-electron chi connectivity index (χ0n) is 18.4. The topological polar surface area (TPSA) is 96.4 Å². The van der Waals surface area contributed by atoms with E-state index >= 15 is 0 Å². The molecule has 0 radical (unpaired) electrons. The van der Waals surface area contributed by atoms with Crippen molar-refractivity contribution in [2.24, 2.45) is 0 Å². The summed E-state index contributed by atoms with van der Waals surface area (Å²) in [6, 6.07) is 10.4. The molecule has 2 amide bonds. The molecular formula is C23H26FN2O6P. The fourth-order valence-electron chi connectivity index (χ4n) is 4.10. The molecular weight excluding hydrogens is 450 g/mol. The zero-order chi connectivity index (χ0) is 23.8. The normalized spacial score (nSPS) is 21.7. The Hall–Kier alpha value is -2.58. The van der Waals surface area contributed by atoms with Gasteiger partial charge in [-0.2, -0.15) is 0 Å². The van der Waals surface area contributed by atoms with Crippen LogP contribution in [0.2, 0.25) is 0 Å². The maximum absolute atomic E-state index is 14.6. The second-order valence-corrected chi connectivity index (χ2v) is 10.6. The molecule has 8 nitrogen and oxygen atoms in total. The number of benzene rings is 2. The number of aliphatic hydroxyl groups excluding tert-OH is 1. The van der Waals surface area contributed by atoms with Crippen molar-refractivity contribution in [3.05, 3.63) is 65.0 Å². The van der Waals surface area contributed by atoms with Gasteiger partial charge in [0, 0.05) is 19.1 Å². The number of fused-ring (bicyclic) bond motifs is 1. The third kappa shape index (κ3) is 4.34. The molecule has 176 valence electrons. The summed E-state index contributed by atoms with van der Waals surface area (Å²) in [6.45, 7) is 4.61. The molecule has 2 atom stereocenters. The summed E-state index contributed by atoms with van der Waals surface area (Å²) in [4.78, 5) is 25.9. The molecule has 0 bridgehead atoms. The van der Waals surface area contributed by atoms with Gasteiger partial charge >= 0.3 is 7.52 Å². The van der Waals surface area contributed by atoms with E-state index in [0.717, 1.165) is 11.0 Å². The van der Waals surface area contributed by atoms with Gasteiger partial charge in [-0.25, -0.2) is 9.06 Å². The smallest absolute Gasteiger partial charge is 0.305 e. The van der Waals surface area contributed by atoms with Crippen molar-refractivity contribution in [3.63, 3.8) is 0 Å². The number of imide groups is 1. The van der Waals surface area contributed by atoms with Crippen molar-refractivity contribution in [1.29, 1.82) is 0 Å². The minimum Gasteiger partial charge on any atom is -0.490 e. The Bertz CT molecular complexity index is 1090. The van der Waals surface area contributed by atoms with Crippen molar-refractivity contribution in [1.82, 2.24) is 9.57 Å². The van der Waals surface area contributed by atoms with E-state index in [2.05, 4.69) is 0 Å². The first-order chi connectivity index (χ1) is 15.7. The molecule has 10 heteroatoms. The molecule has 2 heterocycles. The third-order valence-corrected chi connectivity index (χ3v) is 8.62. The Balaban J connectivity index is 1.35. The number of rotatable bonds is 8. The summed E-state index contributed by atoms with van der Waals surface area (Å²) in [5.41, 5.74) is 0.900. The minimum atomic E-state index is -3.55. The van der Waals surface area contributed by atoms with E-state index in [4.69, 9.17) is 9.26 Å². The van der Waals surface area contributed by atoms with Gasteiger partial charge in [-0.15, -0.1) is 0 Å². The molecule has 2 unspecified atom stereocenters. The summed E-state index contributed by atoms with van der Waals surface area (Å²) >= 11 is 0. The van der Waals surface area contributed by atoms with Crippen LogP contribution < -0.4 is 4.74 Å². The number of amides is 2. The summed E-state index contributed by atoms with van der Waals surface area (Å²) in [7, 11) is -3.55. The number of halogens is 1. The van der Waals surface area contributed by atoms with Crippen LogP contribution in [0.25, 0.3) is 0 Å². The van der Waals surface area contributed by atoms with Gasteiger partial charge < -0.3 is 14.4 Å². The number of nitrogens with zero attached hydrogens (tertiary/aromatic N) is 2. The van der Waals surface area contributed by atoms with Crippen molar-refractivity contribution in [2.45, 2.75) is 32.2 Å². The maximum Gasteiger partial charge on any atom is 0.305 e. The Morgan fingerprint density at radius 3 is 2.42 bits per heavy atom. The van der Waals surface area contributed by atoms with Crippen molar-refractivity contribution >= 4 is 19.3 Å². The third-order valence-electron chi connectivity index (χ3n) is 5.78. The summed E-state index contributed by atoms with van der Waals surface area (Å²) < 4.78 is 40.3. The zero-order valence-corrected chi connectivity index (χ0v) is 19.3. The standard InChI is InChI=1S/C23H26FN2O6P/c1-15(2)26-11-13-32-33(26,30)23(29)16-8-9-20(19(24)14-16)31-12-5-10-25-21(27)17-6-3-4-7-18(17)22(25)28/h3-4,6-9,14-15,23,29H,5,10-13H2,1-2H3. The van der Waals surface area contributed by atoms with Gasteiger partial charge in [-0.3, -0.25) is 19.1 Å². The van der Waals surface area contributed by atoms with Crippen LogP contribution >= 0.6 is 7.52 Å². The van der Waals surface area contributed by atoms with Gasteiger partial charge in [0.25, 0.3) is 11.8 Å². The van der Waals surface area contributed by atoms with Crippen LogP contribution in [0.3, 0.4) is 0 Å². The Morgan fingerprint density at radius 2 is 1.82 bits per heavy atom. The molecule has 1 saturated heterocycles. The largest absolute Gasteiger partial charge is 0.490 e. The van der Waals surface area contributed by atoms with Crippen molar-refractivity contribution < 1.29 is 32.9 Å². The summed E-state index contributed by atoms with van der Waals surface area (Å²) in [5, 5.41) is 10.7. The molecule has 2 aliphatic heterocycles. The maximum atomic E-state index is 14.6. The van der Waals surface area contributed by atoms with Gasteiger partial charge in [-0.1, -0.05) is 18.2 Å². The van der Waals surface area contributed by atoms with E-state index in [-0.39, 0.29) is 48.9 Å². The van der Waals surface area contributed by atoms with Crippen molar-refractivity contribution in [3.8, 4) is 5.75 Å². The molecule has 0 spiro atoms. The van der Waals surface area contributed by atoms with E-state index in [1.165, 1.54) is 12.1 Å². The molecule has 0 saturated carbocycles. The Labute approximate surface area is 191 Å². The van der Waals surface area contributed by atoms with Crippen molar-refractivity contribution in [2.75, 3.05) is 26.3 Å². The highest BCUT2D eigenvalue weighted by Crippen LogP contribution is 2.64. The molecule has 2 aromatic carbocycles. The Kier molecular flexibility index (Phi) is 6.68. The van der Waals surface area contributed by atoms with E-state index < -0.39 is 19.2 Å². The first kappa shape index (κ1) is 23.6. The molecule has 2 aromatic rings. The first-order valence-electron chi connectivity index (χ1n) is 10.8. The molecule has 33 heavy (non-hydrogen) atoms. The average molecular weight is 476 g/mol. The van der Waals surface area contributed by atoms with Crippen LogP contribution in [-0.4, -0.2) is 58.8 Å². The molecule has 2 aliphatic rings. The van der Waals surface area contributed by atoms with Crippen LogP contribution in [0.4, 0.5) is 4.39 Å². The van der Waals surface area contributed by atoms with Gasteiger partial charge in [0.2, 0.25) is 0 Å². The van der Waals surface area contributed by atoms with E-state index in [0.29, 0.717) is 24.1 Å². The lowest BCUT2D eigenvalue weighted by Gasteiger charge is -2.29. The van der Waals surface area contributed by atoms with Crippen LogP contribution in [0.1, 0.15) is 52.4 Å². The number of ether oxygens (including phenoxy) is 1. The highest BCUT2D eigenvalue weighted by Gasteiger charge is 2.46. The predicted octanol–water partition coefficient (Wildman–Crippen LogP) is 3.82. The fourth-order valence-corrected chi connectivity index (χ4v) is 6.56. The number of hydrogen-bond donors (Lipinski definition) is 1. The van der Waals surface area contributed by atoms with Gasteiger partial charge in [0.05, 0.1) is 24.3 Å². The second-order valence-electron chi connectivity index (χ2n) is 8.23. The highest BCUT2D eigenvalue weighted by atomic mass is 31.2.